The third kappa shape index (κ3) is 3.40. The van der Waals surface area contributed by atoms with Crippen LogP contribution in [0, 0.1) is 5.82 Å². The van der Waals surface area contributed by atoms with E-state index >= 15 is 0 Å². The minimum Gasteiger partial charge on any atom is -0.309 e. The number of rotatable bonds is 3. The van der Waals surface area contributed by atoms with E-state index in [2.05, 4.69) is 5.32 Å². The molecule has 1 heterocycles. The van der Waals surface area contributed by atoms with Crippen molar-refractivity contribution in [3.05, 3.63) is 34.6 Å². The van der Waals surface area contributed by atoms with E-state index in [0.29, 0.717) is 18.0 Å². The van der Waals surface area contributed by atoms with Crippen molar-refractivity contribution < 1.29 is 12.8 Å². The summed E-state index contributed by atoms with van der Waals surface area (Å²) in [6, 6.07) is 4.17. The minimum atomic E-state index is -2.87. The molecule has 0 bridgehead atoms. The van der Waals surface area contributed by atoms with E-state index in [1.165, 1.54) is 12.1 Å². The van der Waals surface area contributed by atoms with Gasteiger partial charge in [0.05, 0.1) is 11.5 Å². The van der Waals surface area contributed by atoms with E-state index in [-0.39, 0.29) is 23.4 Å². The number of benzene rings is 1. The topological polar surface area (TPSA) is 46.2 Å². The molecular formula is C11H13ClFNO2S. The van der Waals surface area contributed by atoms with Gasteiger partial charge >= 0.3 is 0 Å². The number of sulfone groups is 1. The Morgan fingerprint density at radius 2 is 2.24 bits per heavy atom. The maximum atomic E-state index is 12.8. The summed E-state index contributed by atoms with van der Waals surface area (Å²) in [6.45, 7) is 0.458. The summed E-state index contributed by atoms with van der Waals surface area (Å²) in [5.41, 5.74) is 0.775. The first-order valence-corrected chi connectivity index (χ1v) is 7.54. The van der Waals surface area contributed by atoms with Crippen molar-refractivity contribution in [2.24, 2.45) is 0 Å². The van der Waals surface area contributed by atoms with Crippen LogP contribution in [-0.4, -0.2) is 26.0 Å². The molecule has 1 saturated heterocycles. The summed E-state index contributed by atoms with van der Waals surface area (Å²) >= 11 is 5.87. The number of hydrogen-bond acceptors (Lipinski definition) is 3. The molecule has 0 spiro atoms. The van der Waals surface area contributed by atoms with Crippen molar-refractivity contribution in [2.45, 2.75) is 19.0 Å². The Hall–Kier alpha value is -0.650. The van der Waals surface area contributed by atoms with E-state index in [1.54, 1.807) is 6.07 Å². The summed E-state index contributed by atoms with van der Waals surface area (Å²) < 4.78 is 35.3. The highest BCUT2D eigenvalue weighted by Gasteiger charge is 2.27. The van der Waals surface area contributed by atoms with Gasteiger partial charge in [-0.05, 0) is 24.1 Å². The fraction of sp³-hybridized carbons (Fsp3) is 0.455. The molecule has 1 aromatic carbocycles. The fourth-order valence-corrected chi connectivity index (χ4v) is 3.82. The second kappa shape index (κ2) is 4.92. The Morgan fingerprint density at radius 1 is 1.47 bits per heavy atom. The average Bonchev–Trinajstić information content (AvgIpc) is 2.57. The van der Waals surface area contributed by atoms with Crippen LogP contribution in [0.4, 0.5) is 4.39 Å². The molecule has 1 aliphatic heterocycles. The van der Waals surface area contributed by atoms with E-state index < -0.39 is 9.84 Å². The van der Waals surface area contributed by atoms with Gasteiger partial charge in [-0.15, -0.1) is 0 Å². The van der Waals surface area contributed by atoms with Crippen LogP contribution in [0.1, 0.15) is 12.0 Å². The molecule has 0 saturated carbocycles. The van der Waals surface area contributed by atoms with Crippen LogP contribution in [0.25, 0.3) is 0 Å². The molecule has 1 fully saturated rings. The molecule has 1 atom stereocenters. The summed E-state index contributed by atoms with van der Waals surface area (Å²) in [4.78, 5) is 0. The smallest absolute Gasteiger partial charge is 0.151 e. The first-order chi connectivity index (χ1) is 7.96. The van der Waals surface area contributed by atoms with Gasteiger partial charge in [0, 0.05) is 17.6 Å². The number of halogens is 2. The average molecular weight is 278 g/mol. The molecule has 2 rings (SSSR count). The van der Waals surface area contributed by atoms with Gasteiger partial charge < -0.3 is 5.32 Å². The van der Waals surface area contributed by atoms with Crippen LogP contribution >= 0.6 is 11.6 Å². The van der Waals surface area contributed by atoms with Gasteiger partial charge in [-0.3, -0.25) is 0 Å². The molecule has 3 nitrogen and oxygen atoms in total. The Morgan fingerprint density at radius 3 is 2.82 bits per heavy atom. The number of nitrogens with one attached hydrogen (secondary N) is 1. The molecule has 0 aliphatic carbocycles. The molecule has 1 aliphatic rings. The van der Waals surface area contributed by atoms with Crippen molar-refractivity contribution in [1.29, 1.82) is 0 Å². The molecule has 94 valence electrons. The third-order valence-corrected chi connectivity index (χ3v) is 4.95. The van der Waals surface area contributed by atoms with Crippen molar-refractivity contribution in [1.82, 2.24) is 5.32 Å². The van der Waals surface area contributed by atoms with Gasteiger partial charge in [0.1, 0.15) is 5.82 Å². The molecule has 1 N–H and O–H groups in total. The van der Waals surface area contributed by atoms with E-state index in [0.717, 1.165) is 5.56 Å². The van der Waals surface area contributed by atoms with Crippen molar-refractivity contribution in [3.63, 3.8) is 0 Å². The third-order valence-electron chi connectivity index (χ3n) is 2.83. The lowest BCUT2D eigenvalue weighted by Gasteiger charge is -2.11. The van der Waals surface area contributed by atoms with Crippen LogP contribution in [-0.2, 0) is 16.4 Å². The molecule has 0 amide bonds. The van der Waals surface area contributed by atoms with Crippen LogP contribution in [0.5, 0.6) is 0 Å². The molecule has 0 aromatic heterocycles. The molecule has 1 unspecified atom stereocenters. The monoisotopic (exact) mass is 277 g/mol. The lowest BCUT2D eigenvalue weighted by Crippen LogP contribution is -2.29. The van der Waals surface area contributed by atoms with Gasteiger partial charge in [-0.2, -0.15) is 0 Å². The highest BCUT2D eigenvalue weighted by atomic mass is 35.5. The maximum Gasteiger partial charge on any atom is 0.151 e. The lowest BCUT2D eigenvalue weighted by atomic mass is 10.2. The zero-order valence-corrected chi connectivity index (χ0v) is 10.7. The second-order valence-electron chi connectivity index (χ2n) is 4.22. The van der Waals surface area contributed by atoms with Crippen molar-refractivity contribution >= 4 is 21.4 Å². The van der Waals surface area contributed by atoms with Gasteiger partial charge in [0.25, 0.3) is 0 Å². The molecule has 0 radical (unpaired) electrons. The molecule has 6 heteroatoms. The molecule has 17 heavy (non-hydrogen) atoms. The SMILES string of the molecule is O=S1(=O)CCC(NCc2ccc(F)cc2Cl)C1. The van der Waals surface area contributed by atoms with Crippen LogP contribution < -0.4 is 5.32 Å². The lowest BCUT2D eigenvalue weighted by molar-refractivity contribution is 0.553. The number of hydrogen-bond donors (Lipinski definition) is 1. The van der Waals surface area contributed by atoms with Crippen LogP contribution in [0.3, 0.4) is 0 Å². The van der Waals surface area contributed by atoms with Crippen molar-refractivity contribution in [3.8, 4) is 0 Å². The highest BCUT2D eigenvalue weighted by molar-refractivity contribution is 7.91. The van der Waals surface area contributed by atoms with Crippen LogP contribution in [0.2, 0.25) is 5.02 Å². The van der Waals surface area contributed by atoms with Gasteiger partial charge in [-0.1, -0.05) is 17.7 Å². The Labute approximate surface area is 105 Å². The summed E-state index contributed by atoms with van der Waals surface area (Å²) in [6.07, 6.45) is 0.626. The fourth-order valence-electron chi connectivity index (χ4n) is 1.88. The molecular weight excluding hydrogens is 265 g/mol. The van der Waals surface area contributed by atoms with E-state index in [1.807, 2.05) is 0 Å². The first-order valence-electron chi connectivity index (χ1n) is 5.34. The van der Waals surface area contributed by atoms with Crippen LogP contribution in [0.15, 0.2) is 18.2 Å². The summed E-state index contributed by atoms with van der Waals surface area (Å²) in [7, 11) is -2.87. The summed E-state index contributed by atoms with van der Waals surface area (Å²) in [5, 5.41) is 3.49. The predicted molar refractivity (Wildman–Crippen MR) is 65.3 cm³/mol. The van der Waals surface area contributed by atoms with Gasteiger partial charge in [0.2, 0.25) is 0 Å². The zero-order chi connectivity index (χ0) is 12.5. The Balaban J connectivity index is 1.95. The first kappa shape index (κ1) is 12.8. The molecule has 1 aromatic rings. The van der Waals surface area contributed by atoms with Gasteiger partial charge in [-0.25, -0.2) is 12.8 Å². The highest BCUT2D eigenvalue weighted by Crippen LogP contribution is 2.18. The summed E-state index contributed by atoms with van der Waals surface area (Å²) in [5.74, 6) is 0.0374. The zero-order valence-electron chi connectivity index (χ0n) is 9.12. The Kier molecular flexibility index (Phi) is 3.70. The van der Waals surface area contributed by atoms with E-state index in [4.69, 9.17) is 11.6 Å². The normalized spacial score (nSPS) is 22.8. The largest absolute Gasteiger partial charge is 0.309 e. The maximum absolute atomic E-state index is 12.8. The quantitative estimate of drug-likeness (QED) is 0.916. The van der Waals surface area contributed by atoms with Crippen molar-refractivity contribution in [2.75, 3.05) is 11.5 Å². The second-order valence-corrected chi connectivity index (χ2v) is 6.85. The van der Waals surface area contributed by atoms with E-state index in [9.17, 15) is 12.8 Å². The predicted octanol–water partition coefficient (Wildman–Crippen LogP) is 1.76. The minimum absolute atomic E-state index is 0.0267. The standard InChI is InChI=1S/C11H13ClFNO2S/c12-11-5-9(13)2-1-8(11)6-14-10-3-4-17(15,16)7-10/h1-2,5,10,14H,3-4,6-7H2. The Bertz CT molecular complexity index is 518. The van der Waals surface area contributed by atoms with Gasteiger partial charge in [0.15, 0.2) is 9.84 Å².